The summed E-state index contributed by atoms with van der Waals surface area (Å²) in [5, 5.41) is 14.0. The fourth-order valence-corrected chi connectivity index (χ4v) is 4.36. The summed E-state index contributed by atoms with van der Waals surface area (Å²) in [5.41, 5.74) is 3.80. The first-order valence-electron chi connectivity index (χ1n) is 10.9. The normalized spacial score (nSPS) is 20.0. The summed E-state index contributed by atoms with van der Waals surface area (Å²) in [7, 11) is 1.67. The highest BCUT2D eigenvalue weighted by molar-refractivity contribution is 5.55. The van der Waals surface area contributed by atoms with Crippen LogP contribution < -0.4 is 9.64 Å². The zero-order valence-electron chi connectivity index (χ0n) is 17.9. The third-order valence-corrected chi connectivity index (χ3v) is 6.32. The predicted octanol–water partition coefficient (Wildman–Crippen LogP) is 3.38. The average Bonchev–Trinajstić information content (AvgIpc) is 3.30. The molecule has 1 aliphatic carbocycles. The van der Waals surface area contributed by atoms with E-state index in [0.717, 1.165) is 37.3 Å². The molecule has 5 rings (SSSR count). The van der Waals surface area contributed by atoms with E-state index in [1.807, 2.05) is 4.90 Å². The van der Waals surface area contributed by atoms with Crippen molar-refractivity contribution in [1.29, 1.82) is 0 Å². The molecular formula is C23H25F2N5O2. The lowest BCUT2D eigenvalue weighted by Crippen LogP contribution is -2.39. The standard InChI is InChI=1S/C23H25F2N5O2/c1-31-17-9-18(10-17)32-19-11-20(24)23(25)21(12-19)30-7-6-15-8-14(2-4-16(15)13-30)3-5-22-26-28-29-27-22/h2,4,8,11-12,17-18H,3,5-7,9-10,13H2,1H3,(H,26,27,28,29). The van der Waals surface area contributed by atoms with E-state index < -0.39 is 11.6 Å². The molecular weight excluding hydrogens is 416 g/mol. The number of halogens is 2. The zero-order chi connectivity index (χ0) is 22.1. The summed E-state index contributed by atoms with van der Waals surface area (Å²) in [6.07, 6.45) is 3.97. The van der Waals surface area contributed by atoms with Gasteiger partial charge in [0.1, 0.15) is 11.9 Å². The second-order valence-electron chi connectivity index (χ2n) is 8.41. The number of benzene rings is 2. The molecule has 32 heavy (non-hydrogen) atoms. The number of methoxy groups -OCH3 is 1. The Morgan fingerprint density at radius 2 is 1.97 bits per heavy atom. The van der Waals surface area contributed by atoms with Crippen LogP contribution in [0.4, 0.5) is 14.5 Å². The summed E-state index contributed by atoms with van der Waals surface area (Å²) < 4.78 is 40.1. The van der Waals surface area contributed by atoms with Gasteiger partial charge in [-0.05, 0) is 29.5 Å². The van der Waals surface area contributed by atoms with Crippen molar-refractivity contribution in [1.82, 2.24) is 20.6 Å². The molecule has 0 bridgehead atoms. The number of tetrazole rings is 1. The van der Waals surface area contributed by atoms with Crippen LogP contribution in [-0.2, 0) is 30.5 Å². The van der Waals surface area contributed by atoms with Crippen LogP contribution in [-0.4, -0.2) is 46.5 Å². The molecule has 3 aromatic rings. The Morgan fingerprint density at radius 3 is 2.75 bits per heavy atom. The number of hydrogen-bond donors (Lipinski definition) is 1. The Kier molecular flexibility index (Phi) is 5.73. The number of H-pyrrole nitrogens is 1. The van der Waals surface area contributed by atoms with Gasteiger partial charge in [-0.25, -0.2) is 8.78 Å². The molecule has 2 aliphatic rings. The molecule has 1 aromatic heterocycles. The molecule has 0 unspecified atom stereocenters. The van der Waals surface area contributed by atoms with Crippen LogP contribution >= 0.6 is 0 Å². The number of rotatable bonds is 7. The van der Waals surface area contributed by atoms with Crippen molar-refractivity contribution in [3.8, 4) is 5.75 Å². The lowest BCUT2D eigenvalue weighted by atomic mass is 9.92. The van der Waals surface area contributed by atoms with Crippen molar-refractivity contribution in [3.05, 3.63) is 64.5 Å². The van der Waals surface area contributed by atoms with Crippen LogP contribution in [0.5, 0.6) is 5.75 Å². The molecule has 7 nitrogen and oxygen atoms in total. The number of ether oxygens (including phenoxy) is 2. The molecule has 0 amide bonds. The quantitative estimate of drug-likeness (QED) is 0.606. The van der Waals surface area contributed by atoms with Gasteiger partial charge < -0.3 is 14.4 Å². The van der Waals surface area contributed by atoms with Crippen LogP contribution in [0.1, 0.15) is 35.4 Å². The lowest BCUT2D eigenvalue weighted by molar-refractivity contribution is -0.0382. The number of aryl methyl sites for hydroxylation is 2. The molecule has 2 heterocycles. The van der Waals surface area contributed by atoms with Gasteiger partial charge in [-0.2, -0.15) is 5.21 Å². The molecule has 0 atom stereocenters. The molecule has 1 aliphatic heterocycles. The number of hydrogen-bond acceptors (Lipinski definition) is 6. The van der Waals surface area contributed by atoms with E-state index in [2.05, 4.69) is 38.8 Å². The van der Waals surface area contributed by atoms with E-state index in [-0.39, 0.29) is 17.9 Å². The summed E-state index contributed by atoms with van der Waals surface area (Å²) in [6.45, 7) is 1.13. The van der Waals surface area contributed by atoms with Gasteiger partial charge in [-0.1, -0.05) is 23.4 Å². The van der Waals surface area contributed by atoms with Gasteiger partial charge in [0.05, 0.1) is 11.8 Å². The Balaban J connectivity index is 1.28. The Labute approximate surface area is 184 Å². The Morgan fingerprint density at radius 1 is 1.09 bits per heavy atom. The highest BCUT2D eigenvalue weighted by Crippen LogP contribution is 2.34. The molecule has 0 radical (unpaired) electrons. The third kappa shape index (κ3) is 4.29. The van der Waals surface area contributed by atoms with Crippen LogP contribution in [0.3, 0.4) is 0 Å². The van der Waals surface area contributed by atoms with Crippen LogP contribution in [0, 0.1) is 11.6 Å². The lowest BCUT2D eigenvalue weighted by Gasteiger charge is -2.35. The summed E-state index contributed by atoms with van der Waals surface area (Å²) in [5.74, 6) is -0.669. The first-order valence-corrected chi connectivity index (χ1v) is 10.9. The maximum absolute atomic E-state index is 14.7. The molecule has 9 heteroatoms. The third-order valence-electron chi connectivity index (χ3n) is 6.32. The van der Waals surface area contributed by atoms with Gasteiger partial charge in [-0.15, -0.1) is 10.2 Å². The predicted molar refractivity (Wildman–Crippen MR) is 114 cm³/mol. The fraction of sp³-hybridized carbons (Fsp3) is 0.435. The summed E-state index contributed by atoms with van der Waals surface area (Å²) in [6, 6.07) is 9.07. The number of aromatic amines is 1. The largest absolute Gasteiger partial charge is 0.490 e. The Bertz CT molecular complexity index is 1090. The SMILES string of the molecule is COC1CC(Oc2cc(F)c(F)c(N3CCc4cc(CCc5nn[nH]n5)ccc4C3)c2)C1. The van der Waals surface area contributed by atoms with Crippen molar-refractivity contribution < 1.29 is 18.3 Å². The van der Waals surface area contributed by atoms with E-state index in [4.69, 9.17) is 9.47 Å². The molecule has 1 fully saturated rings. The van der Waals surface area contributed by atoms with Crippen molar-refractivity contribution in [2.45, 2.75) is 50.9 Å². The minimum absolute atomic E-state index is 0.0226. The molecule has 1 saturated carbocycles. The minimum atomic E-state index is -0.886. The molecule has 2 aromatic carbocycles. The molecule has 1 N–H and O–H groups in total. The number of aromatic nitrogens is 4. The van der Waals surface area contributed by atoms with Gasteiger partial charge in [0.15, 0.2) is 17.5 Å². The van der Waals surface area contributed by atoms with Crippen molar-refractivity contribution in [2.24, 2.45) is 0 Å². The average molecular weight is 441 g/mol. The topological polar surface area (TPSA) is 76.2 Å². The number of nitrogens with zero attached hydrogens (tertiary/aromatic N) is 4. The van der Waals surface area contributed by atoms with Gasteiger partial charge in [0, 0.05) is 51.6 Å². The monoisotopic (exact) mass is 441 g/mol. The van der Waals surface area contributed by atoms with Crippen molar-refractivity contribution in [2.75, 3.05) is 18.6 Å². The van der Waals surface area contributed by atoms with Gasteiger partial charge in [0.2, 0.25) is 0 Å². The van der Waals surface area contributed by atoms with Gasteiger partial charge >= 0.3 is 0 Å². The van der Waals surface area contributed by atoms with Crippen molar-refractivity contribution >= 4 is 5.69 Å². The first-order chi connectivity index (χ1) is 15.6. The first kappa shape index (κ1) is 20.8. The van der Waals surface area contributed by atoms with E-state index in [1.165, 1.54) is 11.1 Å². The van der Waals surface area contributed by atoms with Crippen LogP contribution in [0.15, 0.2) is 30.3 Å². The van der Waals surface area contributed by atoms with Crippen LogP contribution in [0.25, 0.3) is 0 Å². The highest BCUT2D eigenvalue weighted by Gasteiger charge is 2.31. The Hall–Kier alpha value is -3.07. The second kappa shape index (κ2) is 8.82. The van der Waals surface area contributed by atoms with E-state index in [9.17, 15) is 8.78 Å². The zero-order valence-corrected chi connectivity index (χ0v) is 17.9. The van der Waals surface area contributed by atoms with E-state index >= 15 is 0 Å². The van der Waals surface area contributed by atoms with Crippen molar-refractivity contribution in [3.63, 3.8) is 0 Å². The van der Waals surface area contributed by atoms with E-state index in [1.54, 1.807) is 13.2 Å². The summed E-state index contributed by atoms with van der Waals surface area (Å²) in [4.78, 5) is 1.88. The van der Waals surface area contributed by atoms with Crippen LogP contribution in [0.2, 0.25) is 0 Å². The molecule has 0 saturated heterocycles. The molecule has 168 valence electrons. The summed E-state index contributed by atoms with van der Waals surface area (Å²) >= 11 is 0. The van der Waals surface area contributed by atoms with E-state index in [0.29, 0.717) is 31.1 Å². The number of nitrogens with one attached hydrogen (secondary N) is 1. The second-order valence-corrected chi connectivity index (χ2v) is 8.41. The maximum Gasteiger partial charge on any atom is 0.182 e. The number of anilines is 1. The van der Waals surface area contributed by atoms with Gasteiger partial charge in [0.25, 0.3) is 0 Å². The fourth-order valence-electron chi connectivity index (χ4n) is 4.36. The smallest absolute Gasteiger partial charge is 0.182 e. The number of fused-ring (bicyclic) bond motifs is 1. The molecule has 0 spiro atoms. The maximum atomic E-state index is 14.7. The minimum Gasteiger partial charge on any atom is -0.490 e. The van der Waals surface area contributed by atoms with Gasteiger partial charge in [-0.3, -0.25) is 0 Å². The highest BCUT2D eigenvalue weighted by atomic mass is 19.2.